The van der Waals surface area contributed by atoms with Crippen molar-refractivity contribution in [2.75, 3.05) is 18.5 Å². The molecule has 1 aliphatic heterocycles. The number of anilines is 1. The first-order chi connectivity index (χ1) is 13.6. The first kappa shape index (κ1) is 16.9. The van der Waals surface area contributed by atoms with Gasteiger partial charge >= 0.3 is 0 Å². The van der Waals surface area contributed by atoms with E-state index in [9.17, 15) is 14.3 Å². The van der Waals surface area contributed by atoms with E-state index in [0.29, 0.717) is 22.6 Å². The predicted octanol–water partition coefficient (Wildman–Crippen LogP) is 1.06. The number of pyridine rings is 1. The number of amides is 1. The molecule has 0 saturated heterocycles. The van der Waals surface area contributed by atoms with Crippen LogP contribution < -0.4 is 15.4 Å². The van der Waals surface area contributed by atoms with E-state index in [1.807, 2.05) is 0 Å². The molecular weight excluding hydrogens is 367 g/mol. The number of carbonyl (C=O) groups excluding carboxylic acids is 1. The average Bonchev–Trinajstić information content (AvgIpc) is 3.31. The smallest absolute Gasteiger partial charge is 0.257 e. The number of nitrogens with zero attached hydrogens (tertiary/aromatic N) is 4. The normalized spacial score (nSPS) is 20.4. The lowest BCUT2D eigenvalue weighted by molar-refractivity contribution is 0.0913. The summed E-state index contributed by atoms with van der Waals surface area (Å²) in [7, 11) is 0. The summed E-state index contributed by atoms with van der Waals surface area (Å²) in [4.78, 5) is 21.3. The molecule has 2 bridgehead atoms. The molecule has 2 aliphatic rings. The Balaban J connectivity index is 1.65. The Kier molecular flexibility index (Phi) is 3.69. The van der Waals surface area contributed by atoms with Crippen LogP contribution in [0.2, 0.25) is 0 Å². The zero-order valence-electron chi connectivity index (χ0n) is 14.7. The number of halogens is 1. The van der Waals surface area contributed by atoms with Crippen molar-refractivity contribution in [3.05, 3.63) is 47.7 Å². The summed E-state index contributed by atoms with van der Waals surface area (Å²) >= 11 is 0. The van der Waals surface area contributed by atoms with Crippen molar-refractivity contribution < 1.29 is 19.0 Å². The maximum absolute atomic E-state index is 13.8. The SMILES string of the molecule is O=C1NC2(CC2)COc2ncc(F)cc2[C@H](CO)Nc2ccn3ncc1c3n2. The van der Waals surface area contributed by atoms with Crippen molar-refractivity contribution in [1.82, 2.24) is 24.9 Å². The largest absolute Gasteiger partial charge is 0.475 e. The molecule has 9 nitrogen and oxygen atoms in total. The van der Waals surface area contributed by atoms with Crippen LogP contribution in [0.5, 0.6) is 5.88 Å². The van der Waals surface area contributed by atoms with E-state index in [-0.39, 0.29) is 25.0 Å². The van der Waals surface area contributed by atoms with Gasteiger partial charge in [0.2, 0.25) is 5.88 Å². The Bertz CT molecular complexity index is 1080. The third-order valence-electron chi connectivity index (χ3n) is 5.06. The van der Waals surface area contributed by atoms with Crippen molar-refractivity contribution in [3.63, 3.8) is 0 Å². The molecule has 0 aromatic carbocycles. The van der Waals surface area contributed by atoms with Gasteiger partial charge in [-0.2, -0.15) is 5.10 Å². The first-order valence-corrected chi connectivity index (χ1v) is 8.89. The molecule has 1 spiro atoms. The summed E-state index contributed by atoms with van der Waals surface area (Å²) in [6.07, 6.45) is 5.70. The van der Waals surface area contributed by atoms with E-state index in [4.69, 9.17) is 4.74 Å². The number of aliphatic hydroxyl groups is 1. The highest BCUT2D eigenvalue weighted by Gasteiger charge is 2.46. The maximum Gasteiger partial charge on any atom is 0.257 e. The fraction of sp³-hybridized carbons (Fsp3) is 0.333. The second-order valence-corrected chi connectivity index (χ2v) is 7.09. The van der Waals surface area contributed by atoms with Crippen LogP contribution in [0.25, 0.3) is 5.65 Å². The number of rotatable bonds is 1. The maximum atomic E-state index is 13.8. The van der Waals surface area contributed by atoms with Crippen molar-refractivity contribution in [2.24, 2.45) is 0 Å². The molecule has 4 heterocycles. The Labute approximate surface area is 158 Å². The van der Waals surface area contributed by atoms with Crippen molar-refractivity contribution in [2.45, 2.75) is 24.4 Å². The molecule has 28 heavy (non-hydrogen) atoms. The van der Waals surface area contributed by atoms with Gasteiger partial charge in [-0.05, 0) is 25.0 Å². The second kappa shape index (κ2) is 6.13. The van der Waals surface area contributed by atoms with Crippen LogP contribution in [-0.4, -0.2) is 49.3 Å². The number of hydrogen-bond donors (Lipinski definition) is 3. The van der Waals surface area contributed by atoms with Crippen molar-refractivity contribution >= 4 is 17.4 Å². The van der Waals surface area contributed by atoms with Gasteiger partial charge in [-0.1, -0.05) is 0 Å². The molecule has 1 amide bonds. The van der Waals surface area contributed by atoms with E-state index in [1.54, 1.807) is 12.3 Å². The summed E-state index contributed by atoms with van der Waals surface area (Å²) in [5, 5.41) is 20.1. The molecule has 10 heteroatoms. The highest BCUT2D eigenvalue weighted by Crippen LogP contribution is 2.37. The molecule has 3 N–H and O–H groups in total. The van der Waals surface area contributed by atoms with E-state index >= 15 is 0 Å². The van der Waals surface area contributed by atoms with Gasteiger partial charge in [-0.3, -0.25) is 4.79 Å². The minimum atomic E-state index is -0.695. The van der Waals surface area contributed by atoms with E-state index in [0.717, 1.165) is 19.0 Å². The van der Waals surface area contributed by atoms with Crippen LogP contribution in [0.4, 0.5) is 10.2 Å². The topological polar surface area (TPSA) is 114 Å². The summed E-state index contributed by atoms with van der Waals surface area (Å²) < 4.78 is 21.2. The standard InChI is InChI=1S/C18H17FN6O3/c19-10-5-11-13(8-26)22-14-1-4-25-15(23-14)12(7-21-25)16(27)24-18(2-3-18)9-28-17(11)20-6-10/h1,4-7,13,26H,2-3,8-9H2,(H,22,23)(H,24,27)/t13-/m0/s1. The van der Waals surface area contributed by atoms with Crippen LogP contribution in [0.3, 0.4) is 0 Å². The zero-order valence-corrected chi connectivity index (χ0v) is 14.7. The number of aliphatic hydroxyl groups excluding tert-OH is 1. The molecule has 5 rings (SSSR count). The van der Waals surface area contributed by atoms with Gasteiger partial charge in [0.05, 0.1) is 30.6 Å². The molecular formula is C18H17FN6O3. The minimum absolute atomic E-state index is 0.192. The summed E-state index contributed by atoms with van der Waals surface area (Å²) in [5.41, 5.74) is 0.593. The molecule has 3 aromatic heterocycles. The molecule has 1 saturated carbocycles. The van der Waals surface area contributed by atoms with Gasteiger partial charge in [-0.15, -0.1) is 0 Å². The van der Waals surface area contributed by atoms with Gasteiger partial charge in [0.15, 0.2) is 5.65 Å². The molecule has 1 fully saturated rings. The fourth-order valence-corrected chi connectivity index (χ4v) is 3.29. The van der Waals surface area contributed by atoms with Crippen molar-refractivity contribution in [3.8, 4) is 5.88 Å². The van der Waals surface area contributed by atoms with E-state index < -0.39 is 17.4 Å². The van der Waals surface area contributed by atoms with Gasteiger partial charge in [-0.25, -0.2) is 18.9 Å². The van der Waals surface area contributed by atoms with Gasteiger partial charge in [0, 0.05) is 11.8 Å². The Morgan fingerprint density at radius 3 is 3.04 bits per heavy atom. The third-order valence-corrected chi connectivity index (χ3v) is 5.06. The average molecular weight is 384 g/mol. The molecule has 0 unspecified atom stereocenters. The first-order valence-electron chi connectivity index (χ1n) is 8.89. The fourth-order valence-electron chi connectivity index (χ4n) is 3.29. The van der Waals surface area contributed by atoms with Crippen LogP contribution in [-0.2, 0) is 0 Å². The molecule has 1 aliphatic carbocycles. The lowest BCUT2D eigenvalue weighted by Gasteiger charge is -2.21. The number of nitrogens with one attached hydrogen (secondary N) is 2. The third kappa shape index (κ3) is 2.82. The second-order valence-electron chi connectivity index (χ2n) is 7.09. The van der Waals surface area contributed by atoms with Gasteiger partial charge in [0.25, 0.3) is 5.91 Å². The quantitative estimate of drug-likeness (QED) is 0.575. The van der Waals surface area contributed by atoms with Gasteiger partial charge in [0.1, 0.15) is 23.8 Å². The lowest BCUT2D eigenvalue weighted by atomic mass is 10.1. The van der Waals surface area contributed by atoms with E-state index in [1.165, 1.54) is 16.8 Å². The Hall–Kier alpha value is -3.27. The number of hydrogen-bond acceptors (Lipinski definition) is 7. The van der Waals surface area contributed by atoms with Crippen LogP contribution in [0.15, 0.2) is 30.7 Å². The monoisotopic (exact) mass is 384 g/mol. The van der Waals surface area contributed by atoms with Crippen LogP contribution in [0.1, 0.15) is 34.8 Å². The lowest BCUT2D eigenvalue weighted by Crippen LogP contribution is -2.41. The number of carbonyl (C=O) groups is 1. The predicted molar refractivity (Wildman–Crippen MR) is 95.6 cm³/mol. The van der Waals surface area contributed by atoms with Crippen LogP contribution >= 0.6 is 0 Å². The molecule has 0 radical (unpaired) electrons. The van der Waals surface area contributed by atoms with Crippen LogP contribution in [0, 0.1) is 5.82 Å². The van der Waals surface area contributed by atoms with Crippen molar-refractivity contribution in [1.29, 1.82) is 0 Å². The summed E-state index contributed by atoms with van der Waals surface area (Å²) in [6.45, 7) is -0.138. The number of ether oxygens (including phenoxy) is 1. The highest BCUT2D eigenvalue weighted by atomic mass is 19.1. The zero-order chi connectivity index (χ0) is 19.3. The highest BCUT2D eigenvalue weighted by molar-refractivity contribution is 6.00. The molecule has 3 aromatic rings. The molecule has 144 valence electrons. The Morgan fingerprint density at radius 1 is 1.39 bits per heavy atom. The number of fused-ring (bicyclic) bond motifs is 2. The molecule has 1 atom stereocenters. The minimum Gasteiger partial charge on any atom is -0.475 e. The van der Waals surface area contributed by atoms with Gasteiger partial charge < -0.3 is 20.5 Å². The Morgan fingerprint density at radius 2 is 2.25 bits per heavy atom. The van der Waals surface area contributed by atoms with E-state index in [2.05, 4.69) is 25.7 Å². The summed E-state index contributed by atoms with van der Waals surface area (Å²) in [5.74, 6) is -0.220. The number of aromatic nitrogens is 4. The summed E-state index contributed by atoms with van der Waals surface area (Å²) in [6, 6.07) is 2.23.